The van der Waals surface area contributed by atoms with Crippen molar-refractivity contribution in [3.8, 4) is 29.6 Å². The first-order valence-corrected chi connectivity index (χ1v) is 9.71. The van der Waals surface area contributed by atoms with Gasteiger partial charge in [0.25, 0.3) is 5.91 Å². The van der Waals surface area contributed by atoms with Gasteiger partial charge in [0.05, 0.1) is 24.3 Å². The van der Waals surface area contributed by atoms with E-state index in [2.05, 4.69) is 16.2 Å². The van der Waals surface area contributed by atoms with Gasteiger partial charge in [0.15, 0.2) is 16.7 Å². The molecule has 1 amide bonds. The first-order valence-electron chi connectivity index (χ1n) is 8.89. The van der Waals surface area contributed by atoms with Crippen LogP contribution in [0.1, 0.15) is 12.5 Å². The third-order valence-corrected chi connectivity index (χ3v) is 4.74. The molecule has 0 unspecified atom stereocenters. The van der Waals surface area contributed by atoms with E-state index in [1.54, 1.807) is 25.3 Å². The van der Waals surface area contributed by atoms with Crippen molar-refractivity contribution in [2.24, 2.45) is 4.99 Å². The standard InChI is InChI=1S/C22H20N2O4S/c1-4-12-28-18-11-6-15(13-19(18)26-3)14-20-21(25)24-22(29-20)23-16-7-9-17(10-8-16)27-5-2/h1,6-11,13-14H,5,12H2,2-3H3,(H,23,24,25)/b20-14+. The van der Waals surface area contributed by atoms with Crippen molar-refractivity contribution in [2.75, 3.05) is 20.3 Å². The maximum absolute atomic E-state index is 12.3. The Morgan fingerprint density at radius 1 is 1.17 bits per heavy atom. The van der Waals surface area contributed by atoms with Crippen molar-refractivity contribution in [1.29, 1.82) is 0 Å². The summed E-state index contributed by atoms with van der Waals surface area (Å²) in [4.78, 5) is 17.3. The molecule has 1 heterocycles. The van der Waals surface area contributed by atoms with E-state index in [-0.39, 0.29) is 12.5 Å². The highest BCUT2D eigenvalue weighted by atomic mass is 32.2. The van der Waals surface area contributed by atoms with Gasteiger partial charge >= 0.3 is 0 Å². The van der Waals surface area contributed by atoms with Crippen molar-refractivity contribution < 1.29 is 19.0 Å². The van der Waals surface area contributed by atoms with E-state index in [1.807, 2.05) is 37.3 Å². The van der Waals surface area contributed by atoms with Gasteiger partial charge in [-0.25, -0.2) is 4.99 Å². The Kier molecular flexibility index (Phi) is 6.82. The summed E-state index contributed by atoms with van der Waals surface area (Å²) in [6.07, 6.45) is 6.99. The molecule has 6 nitrogen and oxygen atoms in total. The molecule has 1 N–H and O–H groups in total. The first kappa shape index (κ1) is 20.4. The van der Waals surface area contributed by atoms with Crippen molar-refractivity contribution in [3.63, 3.8) is 0 Å². The Bertz CT molecular complexity index is 991. The zero-order valence-corrected chi connectivity index (χ0v) is 16.9. The van der Waals surface area contributed by atoms with Gasteiger partial charge < -0.3 is 19.5 Å². The number of carbonyl (C=O) groups is 1. The second-order valence-corrected chi connectivity index (χ2v) is 6.84. The number of benzene rings is 2. The minimum Gasteiger partial charge on any atom is -0.494 e. The number of terminal acetylenes is 1. The van der Waals surface area contributed by atoms with Crippen LogP contribution in [-0.2, 0) is 4.79 Å². The minimum absolute atomic E-state index is 0.153. The second kappa shape index (κ2) is 9.71. The molecule has 0 atom stereocenters. The lowest BCUT2D eigenvalue weighted by Gasteiger charge is -2.09. The monoisotopic (exact) mass is 408 g/mol. The number of hydrogen-bond acceptors (Lipinski definition) is 6. The summed E-state index contributed by atoms with van der Waals surface area (Å²) in [6, 6.07) is 12.7. The fraction of sp³-hybridized carbons (Fsp3) is 0.182. The fourth-order valence-electron chi connectivity index (χ4n) is 2.55. The third kappa shape index (κ3) is 5.33. The molecule has 3 rings (SSSR count). The van der Waals surface area contributed by atoms with E-state index < -0.39 is 0 Å². The number of amides is 1. The average molecular weight is 408 g/mol. The SMILES string of the molecule is C#CCOc1ccc(/C=C2/SC(=Nc3ccc(OCC)cc3)NC2=O)cc1OC. The van der Waals surface area contributed by atoms with Crippen LogP contribution in [0.25, 0.3) is 6.08 Å². The number of ether oxygens (including phenoxy) is 3. The molecule has 2 aromatic carbocycles. The Morgan fingerprint density at radius 2 is 1.97 bits per heavy atom. The molecule has 1 saturated heterocycles. The quantitative estimate of drug-likeness (QED) is 0.554. The number of nitrogens with zero attached hydrogens (tertiary/aromatic N) is 1. The van der Waals surface area contributed by atoms with Gasteiger partial charge in [-0.05, 0) is 66.7 Å². The second-order valence-electron chi connectivity index (χ2n) is 5.81. The van der Waals surface area contributed by atoms with Gasteiger partial charge in [0, 0.05) is 0 Å². The zero-order chi connectivity index (χ0) is 20.6. The van der Waals surface area contributed by atoms with Crippen molar-refractivity contribution >= 4 is 34.6 Å². The lowest BCUT2D eigenvalue weighted by Crippen LogP contribution is -2.19. The van der Waals surface area contributed by atoms with Crippen LogP contribution < -0.4 is 19.5 Å². The maximum atomic E-state index is 12.3. The zero-order valence-electron chi connectivity index (χ0n) is 16.1. The molecule has 0 spiro atoms. The van der Waals surface area contributed by atoms with Crippen LogP contribution in [0, 0.1) is 12.3 Å². The molecule has 1 aliphatic rings. The Balaban J connectivity index is 1.75. The predicted octanol–water partition coefficient (Wildman–Crippen LogP) is 4.00. The van der Waals surface area contributed by atoms with Crippen LogP contribution in [0.15, 0.2) is 52.4 Å². The summed E-state index contributed by atoms with van der Waals surface area (Å²) >= 11 is 1.28. The summed E-state index contributed by atoms with van der Waals surface area (Å²) in [7, 11) is 1.55. The number of nitrogens with one attached hydrogen (secondary N) is 1. The average Bonchev–Trinajstić information content (AvgIpc) is 3.07. The van der Waals surface area contributed by atoms with Gasteiger partial charge in [-0.3, -0.25) is 4.79 Å². The topological polar surface area (TPSA) is 69.2 Å². The minimum atomic E-state index is -0.202. The number of methoxy groups -OCH3 is 1. The van der Waals surface area contributed by atoms with Gasteiger partial charge in [0.1, 0.15) is 12.4 Å². The number of hydrogen-bond donors (Lipinski definition) is 1. The molecule has 0 aromatic heterocycles. The highest BCUT2D eigenvalue weighted by molar-refractivity contribution is 8.18. The largest absolute Gasteiger partial charge is 0.494 e. The van der Waals surface area contributed by atoms with E-state index >= 15 is 0 Å². The fourth-order valence-corrected chi connectivity index (χ4v) is 3.39. The smallest absolute Gasteiger partial charge is 0.264 e. The van der Waals surface area contributed by atoms with Crippen molar-refractivity contribution in [2.45, 2.75) is 6.92 Å². The third-order valence-electron chi connectivity index (χ3n) is 3.83. The van der Waals surface area contributed by atoms with Crippen LogP contribution in [0.4, 0.5) is 5.69 Å². The van der Waals surface area contributed by atoms with E-state index in [0.717, 1.165) is 17.0 Å². The molecular formula is C22H20N2O4S. The van der Waals surface area contributed by atoms with Gasteiger partial charge in [-0.15, -0.1) is 6.42 Å². The molecule has 0 bridgehead atoms. The summed E-state index contributed by atoms with van der Waals surface area (Å²) in [5.41, 5.74) is 1.53. The number of thioether (sulfide) groups is 1. The van der Waals surface area contributed by atoms with Crippen LogP contribution in [0.2, 0.25) is 0 Å². The van der Waals surface area contributed by atoms with E-state index in [4.69, 9.17) is 20.6 Å². The summed E-state index contributed by atoms with van der Waals surface area (Å²) in [6.45, 7) is 2.69. The molecule has 0 aliphatic carbocycles. The van der Waals surface area contributed by atoms with Crippen molar-refractivity contribution in [1.82, 2.24) is 5.32 Å². The number of carbonyl (C=O) groups excluding carboxylic acids is 1. The molecule has 29 heavy (non-hydrogen) atoms. The molecule has 7 heteroatoms. The molecule has 148 valence electrons. The molecule has 2 aromatic rings. The van der Waals surface area contributed by atoms with E-state index in [1.165, 1.54) is 11.8 Å². The Morgan fingerprint density at radius 3 is 2.66 bits per heavy atom. The molecule has 1 fully saturated rings. The van der Waals surface area contributed by atoms with Gasteiger partial charge in [0.2, 0.25) is 0 Å². The van der Waals surface area contributed by atoms with Crippen LogP contribution in [-0.4, -0.2) is 31.4 Å². The molecule has 1 aliphatic heterocycles. The highest BCUT2D eigenvalue weighted by Crippen LogP contribution is 2.32. The Labute approximate surface area is 174 Å². The molecular weight excluding hydrogens is 388 g/mol. The van der Waals surface area contributed by atoms with Gasteiger partial charge in [-0.2, -0.15) is 0 Å². The number of amidine groups is 1. The summed E-state index contributed by atoms with van der Waals surface area (Å²) < 4.78 is 16.2. The van der Waals surface area contributed by atoms with Crippen molar-refractivity contribution in [3.05, 3.63) is 52.9 Å². The predicted molar refractivity (Wildman–Crippen MR) is 116 cm³/mol. The molecule has 0 radical (unpaired) electrons. The number of rotatable bonds is 7. The molecule has 0 saturated carbocycles. The Hall–Kier alpha value is -3.37. The van der Waals surface area contributed by atoms with E-state index in [9.17, 15) is 4.79 Å². The van der Waals surface area contributed by atoms with Crippen LogP contribution in [0.5, 0.6) is 17.2 Å². The lowest BCUT2D eigenvalue weighted by atomic mass is 10.2. The number of aliphatic imine (C=N–C) groups is 1. The van der Waals surface area contributed by atoms with Crippen LogP contribution in [0.3, 0.4) is 0 Å². The maximum Gasteiger partial charge on any atom is 0.264 e. The van der Waals surface area contributed by atoms with Crippen LogP contribution >= 0.6 is 11.8 Å². The lowest BCUT2D eigenvalue weighted by molar-refractivity contribution is -0.115. The summed E-state index contributed by atoms with van der Waals surface area (Å²) in [5.74, 6) is 4.09. The normalized spacial score (nSPS) is 15.8. The van der Waals surface area contributed by atoms with E-state index in [0.29, 0.717) is 28.2 Å². The van der Waals surface area contributed by atoms with Gasteiger partial charge in [-0.1, -0.05) is 12.0 Å². The first-order chi connectivity index (χ1) is 14.1. The summed E-state index contributed by atoms with van der Waals surface area (Å²) in [5, 5.41) is 3.30. The highest BCUT2D eigenvalue weighted by Gasteiger charge is 2.24.